The average Bonchev–Trinajstić information content (AvgIpc) is 3.37. The molecule has 2 atom stereocenters. The Labute approximate surface area is 200 Å². The second-order valence-electron chi connectivity index (χ2n) is 10.4. The van der Waals surface area contributed by atoms with Crippen LogP contribution in [-0.2, 0) is 11.2 Å². The Bertz CT molecular complexity index is 998. The zero-order chi connectivity index (χ0) is 23.7. The molecule has 0 unspecified atom stereocenters. The molecule has 0 bridgehead atoms. The molecule has 0 spiro atoms. The van der Waals surface area contributed by atoms with Crippen molar-refractivity contribution in [3.63, 3.8) is 0 Å². The maximum Gasteiger partial charge on any atom is 0.324 e. The van der Waals surface area contributed by atoms with Gasteiger partial charge in [-0.25, -0.2) is 4.39 Å². The molecule has 0 radical (unpaired) electrons. The lowest BCUT2D eigenvalue weighted by Crippen LogP contribution is -2.42. The Morgan fingerprint density at radius 1 is 1.24 bits per heavy atom. The van der Waals surface area contributed by atoms with Crippen LogP contribution >= 0.6 is 0 Å². The summed E-state index contributed by atoms with van der Waals surface area (Å²) in [7, 11) is 0. The third-order valence-electron chi connectivity index (χ3n) is 7.67. The van der Waals surface area contributed by atoms with Crippen molar-refractivity contribution in [1.29, 1.82) is 0 Å². The van der Waals surface area contributed by atoms with Gasteiger partial charge in [0.1, 0.15) is 11.6 Å². The van der Waals surface area contributed by atoms with Crippen LogP contribution in [0, 0.1) is 23.6 Å². The Morgan fingerprint density at radius 3 is 2.68 bits per heavy atom. The van der Waals surface area contributed by atoms with Gasteiger partial charge in [-0.05, 0) is 61.5 Å². The topological polar surface area (TPSA) is 71.7 Å². The van der Waals surface area contributed by atoms with Crippen molar-refractivity contribution < 1.29 is 18.4 Å². The summed E-state index contributed by atoms with van der Waals surface area (Å²) >= 11 is 0. The van der Waals surface area contributed by atoms with Crippen LogP contribution in [0.1, 0.15) is 63.3 Å². The van der Waals surface area contributed by atoms with E-state index in [-0.39, 0.29) is 24.1 Å². The van der Waals surface area contributed by atoms with Gasteiger partial charge < -0.3 is 19.1 Å². The van der Waals surface area contributed by atoms with Gasteiger partial charge in [-0.1, -0.05) is 25.1 Å². The van der Waals surface area contributed by atoms with Gasteiger partial charge in [0.25, 0.3) is 0 Å². The molecule has 1 aliphatic carbocycles. The van der Waals surface area contributed by atoms with Crippen LogP contribution in [0.3, 0.4) is 0 Å². The molecule has 34 heavy (non-hydrogen) atoms. The lowest BCUT2D eigenvalue weighted by atomic mass is 9.90. The zero-order valence-corrected chi connectivity index (χ0v) is 20.2. The molecule has 5 rings (SSSR count). The van der Waals surface area contributed by atoms with Crippen molar-refractivity contribution in [2.75, 3.05) is 37.7 Å². The highest BCUT2D eigenvalue weighted by Gasteiger charge is 2.43. The summed E-state index contributed by atoms with van der Waals surface area (Å²) in [5.41, 5.74) is 0.443. The van der Waals surface area contributed by atoms with Crippen LogP contribution in [0.2, 0.25) is 0 Å². The fraction of sp³-hybridized carbons (Fsp3) is 0.654. The predicted molar refractivity (Wildman–Crippen MR) is 126 cm³/mol. The summed E-state index contributed by atoms with van der Waals surface area (Å²) in [6.07, 6.45) is 5.75. The molecule has 2 aromatic rings. The fourth-order valence-electron chi connectivity index (χ4n) is 5.22. The van der Waals surface area contributed by atoms with E-state index in [0.29, 0.717) is 29.9 Å². The van der Waals surface area contributed by atoms with Crippen molar-refractivity contribution >= 4 is 11.9 Å². The highest BCUT2D eigenvalue weighted by Crippen LogP contribution is 2.50. The third kappa shape index (κ3) is 5.20. The molecule has 3 heterocycles. The average molecular weight is 471 g/mol. The van der Waals surface area contributed by atoms with E-state index >= 15 is 0 Å². The number of benzene rings is 1. The van der Waals surface area contributed by atoms with E-state index < -0.39 is 0 Å². The number of ether oxygens (including phenoxy) is 1. The molecule has 184 valence electrons. The number of piperidine rings is 1. The lowest BCUT2D eigenvalue weighted by molar-refractivity contribution is -0.133. The number of carbonyl (C=O) groups excluding carboxylic acids is 1. The van der Waals surface area contributed by atoms with E-state index in [1.165, 1.54) is 12.5 Å². The van der Waals surface area contributed by atoms with Crippen molar-refractivity contribution in [2.45, 2.75) is 58.3 Å². The van der Waals surface area contributed by atoms with Crippen LogP contribution in [0.15, 0.2) is 22.7 Å². The zero-order valence-electron chi connectivity index (χ0n) is 20.2. The first-order valence-electron chi connectivity index (χ1n) is 12.8. The van der Waals surface area contributed by atoms with Crippen LogP contribution in [0.5, 0.6) is 5.75 Å². The second kappa shape index (κ2) is 9.92. The first-order chi connectivity index (χ1) is 16.5. The van der Waals surface area contributed by atoms with Gasteiger partial charge in [-0.2, -0.15) is 4.98 Å². The van der Waals surface area contributed by atoms with E-state index in [1.54, 1.807) is 17.0 Å². The lowest BCUT2D eigenvalue weighted by Gasteiger charge is -2.31. The number of hydrogen-bond donors (Lipinski definition) is 0. The van der Waals surface area contributed by atoms with E-state index in [4.69, 9.17) is 9.26 Å². The summed E-state index contributed by atoms with van der Waals surface area (Å²) in [5, 5.41) is 4.08. The third-order valence-corrected chi connectivity index (χ3v) is 7.67. The summed E-state index contributed by atoms with van der Waals surface area (Å²) in [6, 6.07) is 5.54. The SMILES string of the molecule is CC(C)c1noc(N2CCC([C@H]3C[C@H]3CCOc3ccc(CC(=O)N4CCC4)c(F)c3)CC2)n1. The minimum Gasteiger partial charge on any atom is -0.493 e. The Morgan fingerprint density at radius 2 is 2.03 bits per heavy atom. The molecule has 0 N–H and O–H groups in total. The number of anilines is 1. The standard InChI is InChI=1S/C26H35FN4O3/c1-17(2)25-28-26(34-29-25)31-11-6-18(7-12-31)22-14-19(22)8-13-33-21-5-4-20(23(27)16-21)15-24(32)30-9-3-10-30/h4-5,16-19,22H,3,6-15H2,1-2H3/t19-,22-/m1/s1. The Hall–Kier alpha value is -2.64. The first kappa shape index (κ1) is 23.1. The van der Waals surface area contributed by atoms with Crippen LogP contribution in [0.25, 0.3) is 0 Å². The molecule has 3 fully saturated rings. The summed E-state index contributed by atoms with van der Waals surface area (Å²) in [5.74, 6) is 3.45. The van der Waals surface area contributed by atoms with Crippen molar-refractivity contribution in [3.8, 4) is 5.75 Å². The maximum atomic E-state index is 14.4. The van der Waals surface area contributed by atoms with Crippen molar-refractivity contribution in [1.82, 2.24) is 15.0 Å². The number of carbonyl (C=O) groups is 1. The van der Waals surface area contributed by atoms with E-state index in [9.17, 15) is 9.18 Å². The van der Waals surface area contributed by atoms with Crippen molar-refractivity contribution in [2.24, 2.45) is 17.8 Å². The Kier molecular flexibility index (Phi) is 6.75. The number of aromatic nitrogens is 2. The molecular formula is C26H35FN4O3. The number of rotatable bonds is 9. The molecule has 1 amide bonds. The second-order valence-corrected chi connectivity index (χ2v) is 10.4. The molecule has 1 saturated carbocycles. The molecule has 8 heteroatoms. The molecule has 2 saturated heterocycles. The van der Waals surface area contributed by atoms with Gasteiger partial charge >= 0.3 is 6.01 Å². The van der Waals surface area contributed by atoms with Gasteiger partial charge in [0.2, 0.25) is 5.91 Å². The van der Waals surface area contributed by atoms with E-state index in [0.717, 1.165) is 69.5 Å². The minimum atomic E-state index is -0.357. The summed E-state index contributed by atoms with van der Waals surface area (Å²) in [4.78, 5) is 20.6. The predicted octanol–water partition coefficient (Wildman–Crippen LogP) is 4.43. The number of nitrogens with zero attached hydrogens (tertiary/aromatic N) is 4. The minimum absolute atomic E-state index is 0.00169. The van der Waals surface area contributed by atoms with Crippen LogP contribution in [-0.4, -0.2) is 53.7 Å². The molecule has 2 aliphatic heterocycles. The number of likely N-dealkylation sites (tertiary alicyclic amines) is 1. The molecule has 1 aromatic heterocycles. The van der Waals surface area contributed by atoms with Gasteiger partial charge in [0.05, 0.1) is 13.0 Å². The molecule has 7 nitrogen and oxygen atoms in total. The number of halogens is 1. The van der Waals surface area contributed by atoms with Gasteiger partial charge in [0.15, 0.2) is 5.82 Å². The van der Waals surface area contributed by atoms with Gasteiger partial charge in [-0.15, -0.1) is 0 Å². The highest BCUT2D eigenvalue weighted by molar-refractivity contribution is 5.79. The van der Waals surface area contributed by atoms with Gasteiger partial charge in [-0.3, -0.25) is 4.79 Å². The fourth-order valence-corrected chi connectivity index (χ4v) is 5.22. The number of hydrogen-bond acceptors (Lipinski definition) is 6. The molecular weight excluding hydrogens is 435 g/mol. The monoisotopic (exact) mass is 470 g/mol. The summed E-state index contributed by atoms with van der Waals surface area (Å²) < 4.78 is 25.7. The Balaban J connectivity index is 1.02. The van der Waals surface area contributed by atoms with Crippen molar-refractivity contribution in [3.05, 3.63) is 35.4 Å². The normalized spacial score (nSPS) is 22.7. The largest absolute Gasteiger partial charge is 0.493 e. The molecule has 1 aromatic carbocycles. The maximum absolute atomic E-state index is 14.4. The van der Waals surface area contributed by atoms with Crippen LogP contribution in [0.4, 0.5) is 10.4 Å². The quantitative estimate of drug-likeness (QED) is 0.540. The van der Waals surface area contributed by atoms with Crippen LogP contribution < -0.4 is 9.64 Å². The first-order valence-corrected chi connectivity index (χ1v) is 12.8. The summed E-state index contributed by atoms with van der Waals surface area (Å²) in [6.45, 7) is 8.26. The molecule has 3 aliphatic rings. The van der Waals surface area contributed by atoms with Gasteiger partial charge in [0, 0.05) is 38.2 Å². The van der Waals surface area contributed by atoms with E-state index in [1.807, 2.05) is 0 Å². The smallest absolute Gasteiger partial charge is 0.324 e. The highest BCUT2D eigenvalue weighted by atomic mass is 19.1. The van der Waals surface area contributed by atoms with E-state index in [2.05, 4.69) is 28.9 Å². The number of amides is 1.